The average Bonchev–Trinajstić information content (AvgIpc) is 2.86. The van der Waals surface area contributed by atoms with Crippen LogP contribution in [0.3, 0.4) is 0 Å². The van der Waals surface area contributed by atoms with Gasteiger partial charge in [0, 0.05) is 5.56 Å². The highest BCUT2D eigenvalue weighted by Gasteiger charge is 2.11. The van der Waals surface area contributed by atoms with Gasteiger partial charge in [0.1, 0.15) is 0 Å². The van der Waals surface area contributed by atoms with Gasteiger partial charge >= 0.3 is 0 Å². The van der Waals surface area contributed by atoms with E-state index in [9.17, 15) is 4.79 Å². The van der Waals surface area contributed by atoms with Gasteiger partial charge in [-0.3, -0.25) is 4.79 Å². The van der Waals surface area contributed by atoms with E-state index in [1.807, 2.05) is 0 Å². The third-order valence-electron chi connectivity index (χ3n) is 2.18. The summed E-state index contributed by atoms with van der Waals surface area (Å²) in [6.07, 6.45) is 0.497. The molecular weight excluding hydrogens is 224 g/mol. The molecule has 0 aliphatic heterocycles. The molecule has 0 atom stereocenters. The Balaban J connectivity index is 2.42. The fourth-order valence-electron chi connectivity index (χ4n) is 1.38. The molecule has 0 saturated heterocycles. The van der Waals surface area contributed by atoms with Gasteiger partial charge in [0.2, 0.25) is 12.1 Å². The standard InChI is InChI=1S/C11H10N2O4/c1-15-8-4-3-7(5-9(8)16-2)11-12-10(6-14)17-13-11/h3-6H,1-2H3. The topological polar surface area (TPSA) is 74.5 Å². The molecule has 1 heterocycles. The van der Waals surface area contributed by atoms with Crippen molar-refractivity contribution >= 4 is 6.29 Å². The molecule has 17 heavy (non-hydrogen) atoms. The predicted molar refractivity (Wildman–Crippen MR) is 58.2 cm³/mol. The molecular formula is C11H10N2O4. The second-order valence-corrected chi connectivity index (χ2v) is 3.14. The van der Waals surface area contributed by atoms with Crippen molar-refractivity contribution in [2.45, 2.75) is 0 Å². The van der Waals surface area contributed by atoms with E-state index in [4.69, 9.17) is 14.0 Å². The van der Waals surface area contributed by atoms with E-state index in [1.165, 1.54) is 7.11 Å². The van der Waals surface area contributed by atoms with Crippen LogP contribution in [0.15, 0.2) is 22.7 Å². The SMILES string of the molecule is COc1ccc(-c2noc(C=O)n2)cc1OC. The Kier molecular flexibility index (Phi) is 3.04. The van der Waals surface area contributed by atoms with E-state index < -0.39 is 0 Å². The van der Waals surface area contributed by atoms with Crippen LogP contribution in [0.1, 0.15) is 10.7 Å². The molecule has 6 nitrogen and oxygen atoms in total. The number of methoxy groups -OCH3 is 2. The summed E-state index contributed by atoms with van der Waals surface area (Å²) in [5.41, 5.74) is 0.680. The van der Waals surface area contributed by atoms with Crippen molar-refractivity contribution in [2.24, 2.45) is 0 Å². The van der Waals surface area contributed by atoms with Gasteiger partial charge in [-0.25, -0.2) is 0 Å². The summed E-state index contributed by atoms with van der Waals surface area (Å²) in [5.74, 6) is 1.43. The van der Waals surface area contributed by atoms with Crippen LogP contribution < -0.4 is 9.47 Å². The largest absolute Gasteiger partial charge is 0.493 e. The van der Waals surface area contributed by atoms with Crippen LogP contribution in [0.4, 0.5) is 0 Å². The molecule has 0 unspecified atom stereocenters. The summed E-state index contributed by atoms with van der Waals surface area (Å²) >= 11 is 0. The Labute approximate surface area is 97.2 Å². The second-order valence-electron chi connectivity index (χ2n) is 3.14. The molecule has 88 valence electrons. The van der Waals surface area contributed by atoms with E-state index >= 15 is 0 Å². The number of hydrogen-bond donors (Lipinski definition) is 0. The first-order chi connectivity index (χ1) is 8.28. The number of rotatable bonds is 4. The smallest absolute Gasteiger partial charge is 0.291 e. The van der Waals surface area contributed by atoms with Crippen LogP contribution in [-0.4, -0.2) is 30.6 Å². The van der Waals surface area contributed by atoms with Crippen LogP contribution in [0, 0.1) is 0 Å². The number of aromatic nitrogens is 2. The summed E-state index contributed by atoms with van der Waals surface area (Å²) < 4.78 is 15.0. The van der Waals surface area contributed by atoms with Gasteiger partial charge in [-0.15, -0.1) is 0 Å². The fourth-order valence-corrected chi connectivity index (χ4v) is 1.38. The molecule has 0 aliphatic rings. The fraction of sp³-hybridized carbons (Fsp3) is 0.182. The van der Waals surface area contributed by atoms with Gasteiger partial charge in [0.25, 0.3) is 5.89 Å². The maximum atomic E-state index is 10.4. The molecule has 0 spiro atoms. The van der Waals surface area contributed by atoms with Gasteiger partial charge in [0.15, 0.2) is 11.5 Å². The maximum absolute atomic E-state index is 10.4. The summed E-state index contributed by atoms with van der Waals surface area (Å²) in [6.45, 7) is 0. The van der Waals surface area contributed by atoms with E-state index in [0.29, 0.717) is 29.2 Å². The van der Waals surface area contributed by atoms with E-state index in [2.05, 4.69) is 10.1 Å². The van der Waals surface area contributed by atoms with Gasteiger partial charge in [-0.05, 0) is 18.2 Å². The van der Waals surface area contributed by atoms with Crippen LogP contribution in [0.2, 0.25) is 0 Å². The molecule has 0 amide bonds. The van der Waals surface area contributed by atoms with E-state index in [-0.39, 0.29) is 5.89 Å². The molecule has 0 saturated carbocycles. The Morgan fingerprint density at radius 3 is 2.59 bits per heavy atom. The third kappa shape index (κ3) is 2.10. The van der Waals surface area contributed by atoms with E-state index in [1.54, 1.807) is 25.3 Å². The van der Waals surface area contributed by atoms with Crippen LogP contribution in [0.5, 0.6) is 11.5 Å². The minimum Gasteiger partial charge on any atom is -0.493 e. The normalized spacial score (nSPS) is 10.0. The van der Waals surface area contributed by atoms with Crippen molar-refractivity contribution in [2.75, 3.05) is 14.2 Å². The highest BCUT2D eigenvalue weighted by Crippen LogP contribution is 2.30. The van der Waals surface area contributed by atoms with Crippen molar-refractivity contribution in [3.05, 3.63) is 24.1 Å². The molecule has 0 aliphatic carbocycles. The zero-order chi connectivity index (χ0) is 12.3. The number of hydrogen-bond acceptors (Lipinski definition) is 6. The molecule has 1 aromatic carbocycles. The first-order valence-electron chi connectivity index (χ1n) is 4.79. The number of benzene rings is 1. The highest BCUT2D eigenvalue weighted by atomic mass is 16.5. The van der Waals surface area contributed by atoms with Crippen LogP contribution >= 0.6 is 0 Å². The molecule has 2 aromatic rings. The molecule has 6 heteroatoms. The van der Waals surface area contributed by atoms with Crippen LogP contribution in [-0.2, 0) is 0 Å². The molecule has 2 rings (SSSR count). The van der Waals surface area contributed by atoms with Crippen molar-refractivity contribution in [3.63, 3.8) is 0 Å². The molecule has 1 aromatic heterocycles. The summed E-state index contributed by atoms with van der Waals surface area (Å²) in [6, 6.07) is 5.18. The van der Waals surface area contributed by atoms with Crippen molar-refractivity contribution in [1.29, 1.82) is 0 Å². The predicted octanol–water partition coefficient (Wildman–Crippen LogP) is 1.57. The summed E-state index contributed by atoms with van der Waals surface area (Å²) in [7, 11) is 3.09. The summed E-state index contributed by atoms with van der Waals surface area (Å²) in [4.78, 5) is 14.3. The minimum atomic E-state index is -0.0604. The lowest BCUT2D eigenvalue weighted by atomic mass is 10.2. The number of nitrogens with zero attached hydrogens (tertiary/aromatic N) is 2. The van der Waals surface area contributed by atoms with Crippen molar-refractivity contribution in [1.82, 2.24) is 10.1 Å². The Morgan fingerprint density at radius 1 is 1.24 bits per heavy atom. The number of aldehydes is 1. The van der Waals surface area contributed by atoms with Crippen LogP contribution in [0.25, 0.3) is 11.4 Å². The highest BCUT2D eigenvalue weighted by molar-refractivity contribution is 5.69. The lowest BCUT2D eigenvalue weighted by Crippen LogP contribution is -1.91. The molecule has 0 radical (unpaired) electrons. The van der Waals surface area contributed by atoms with E-state index in [0.717, 1.165) is 0 Å². The quantitative estimate of drug-likeness (QED) is 0.747. The van der Waals surface area contributed by atoms with Gasteiger partial charge in [0.05, 0.1) is 14.2 Å². The van der Waals surface area contributed by atoms with Gasteiger partial charge < -0.3 is 14.0 Å². The summed E-state index contributed by atoms with van der Waals surface area (Å²) in [5, 5.41) is 3.67. The lowest BCUT2D eigenvalue weighted by molar-refractivity contribution is 0.108. The Bertz CT molecular complexity index is 536. The molecule has 0 N–H and O–H groups in total. The monoisotopic (exact) mass is 234 g/mol. The number of carbonyl (C=O) groups is 1. The zero-order valence-electron chi connectivity index (χ0n) is 9.34. The Morgan fingerprint density at radius 2 is 2.00 bits per heavy atom. The maximum Gasteiger partial charge on any atom is 0.291 e. The molecule has 0 bridgehead atoms. The first-order valence-corrected chi connectivity index (χ1v) is 4.79. The van der Waals surface area contributed by atoms with Gasteiger partial charge in [-0.1, -0.05) is 5.16 Å². The van der Waals surface area contributed by atoms with Crippen molar-refractivity contribution < 1.29 is 18.8 Å². The minimum absolute atomic E-state index is 0.0604. The van der Waals surface area contributed by atoms with Gasteiger partial charge in [-0.2, -0.15) is 4.98 Å². The average molecular weight is 234 g/mol. The number of ether oxygens (including phenoxy) is 2. The third-order valence-corrected chi connectivity index (χ3v) is 2.18. The van der Waals surface area contributed by atoms with Crippen molar-refractivity contribution in [3.8, 4) is 22.9 Å². The Hall–Kier alpha value is -2.37. The first kappa shape index (κ1) is 11.1. The zero-order valence-corrected chi connectivity index (χ0v) is 9.34. The molecule has 0 fully saturated rings. The number of carbonyl (C=O) groups excluding carboxylic acids is 1. The lowest BCUT2D eigenvalue weighted by Gasteiger charge is -2.07. The second kappa shape index (κ2) is 4.65.